The number of alkyl halides is 3. The lowest BCUT2D eigenvalue weighted by molar-refractivity contribution is -0.153. The molecular weight excluding hydrogens is 524 g/mol. The van der Waals surface area contributed by atoms with Crippen molar-refractivity contribution in [2.75, 3.05) is 27.7 Å². The van der Waals surface area contributed by atoms with Crippen molar-refractivity contribution in [2.24, 2.45) is 4.99 Å². The van der Waals surface area contributed by atoms with Crippen LogP contribution in [-0.4, -0.2) is 50.7 Å². The highest BCUT2D eigenvalue weighted by Crippen LogP contribution is 2.18. The SMILES string of the molecule is CN=C(NCc1ccc(OCC(F)(F)F)cc1)NCc1ccc(C(=O)N(C)C)cc1.I. The minimum Gasteiger partial charge on any atom is -0.484 e. The molecule has 0 bridgehead atoms. The fourth-order valence-electron chi connectivity index (χ4n) is 2.48. The van der Waals surface area contributed by atoms with Crippen LogP contribution in [0.3, 0.4) is 0 Å². The first-order valence-corrected chi connectivity index (χ1v) is 9.21. The summed E-state index contributed by atoms with van der Waals surface area (Å²) in [5.41, 5.74) is 2.47. The first kappa shape index (κ1) is 26.5. The minimum absolute atomic E-state index is 0. The zero-order chi connectivity index (χ0) is 22.1. The lowest BCUT2D eigenvalue weighted by atomic mass is 10.1. The van der Waals surface area contributed by atoms with Gasteiger partial charge in [0.2, 0.25) is 0 Å². The molecule has 0 aliphatic rings. The maximum absolute atomic E-state index is 12.2. The number of nitrogens with one attached hydrogen (secondary N) is 2. The second-order valence-corrected chi connectivity index (χ2v) is 6.72. The molecule has 0 fully saturated rings. The summed E-state index contributed by atoms with van der Waals surface area (Å²) in [6, 6.07) is 13.7. The molecule has 0 saturated carbocycles. The third-order valence-corrected chi connectivity index (χ3v) is 4.08. The third-order valence-electron chi connectivity index (χ3n) is 4.08. The van der Waals surface area contributed by atoms with Gasteiger partial charge in [-0.1, -0.05) is 24.3 Å². The van der Waals surface area contributed by atoms with Crippen molar-refractivity contribution in [3.63, 3.8) is 0 Å². The Morgan fingerprint density at radius 1 is 0.968 bits per heavy atom. The van der Waals surface area contributed by atoms with Crippen molar-refractivity contribution in [3.05, 3.63) is 65.2 Å². The zero-order valence-corrected chi connectivity index (χ0v) is 19.8. The number of carbonyl (C=O) groups excluding carboxylic acids is 1. The molecule has 0 heterocycles. The molecule has 2 rings (SSSR count). The van der Waals surface area contributed by atoms with Crippen molar-refractivity contribution in [3.8, 4) is 5.75 Å². The van der Waals surface area contributed by atoms with Crippen LogP contribution in [0.4, 0.5) is 13.2 Å². The molecule has 0 aliphatic carbocycles. The number of benzene rings is 2. The average Bonchev–Trinajstić information content (AvgIpc) is 2.72. The van der Waals surface area contributed by atoms with Crippen LogP contribution in [0.15, 0.2) is 53.5 Å². The number of nitrogens with zero attached hydrogens (tertiary/aromatic N) is 2. The van der Waals surface area contributed by atoms with Crippen molar-refractivity contribution < 1.29 is 22.7 Å². The highest BCUT2D eigenvalue weighted by Gasteiger charge is 2.28. The summed E-state index contributed by atoms with van der Waals surface area (Å²) in [5.74, 6) is 0.678. The van der Waals surface area contributed by atoms with Gasteiger partial charge in [0.25, 0.3) is 5.91 Å². The maximum atomic E-state index is 12.2. The van der Waals surface area contributed by atoms with Crippen LogP contribution in [0.2, 0.25) is 0 Å². The topological polar surface area (TPSA) is 66.0 Å². The van der Waals surface area contributed by atoms with E-state index in [-0.39, 0.29) is 35.6 Å². The van der Waals surface area contributed by atoms with Gasteiger partial charge in [-0.25, -0.2) is 0 Å². The van der Waals surface area contributed by atoms with E-state index in [2.05, 4.69) is 15.6 Å². The molecule has 31 heavy (non-hydrogen) atoms. The van der Waals surface area contributed by atoms with E-state index in [0.717, 1.165) is 11.1 Å². The van der Waals surface area contributed by atoms with Gasteiger partial charge in [-0.2, -0.15) is 13.2 Å². The standard InChI is InChI=1S/C21H25F3N4O2.HI/c1-25-20(26-12-15-4-8-17(9-5-15)19(29)28(2)3)27-13-16-6-10-18(11-7-16)30-14-21(22,23)24;/h4-11H,12-14H2,1-3H3,(H2,25,26,27);1H. The Balaban J connectivity index is 0.00000480. The van der Waals surface area contributed by atoms with Gasteiger partial charge in [-0.15, -0.1) is 24.0 Å². The number of aliphatic imine (C=N–C) groups is 1. The number of halogens is 4. The van der Waals surface area contributed by atoms with E-state index in [4.69, 9.17) is 4.74 Å². The smallest absolute Gasteiger partial charge is 0.422 e. The first-order chi connectivity index (χ1) is 14.2. The van der Waals surface area contributed by atoms with Crippen LogP contribution in [0.1, 0.15) is 21.5 Å². The average molecular weight is 550 g/mol. The summed E-state index contributed by atoms with van der Waals surface area (Å²) in [6.45, 7) is -0.360. The van der Waals surface area contributed by atoms with Crippen molar-refractivity contribution in [1.82, 2.24) is 15.5 Å². The van der Waals surface area contributed by atoms with Crippen LogP contribution in [0, 0.1) is 0 Å². The van der Waals surface area contributed by atoms with Gasteiger partial charge in [0.15, 0.2) is 12.6 Å². The molecule has 2 N–H and O–H groups in total. The van der Waals surface area contributed by atoms with Gasteiger partial charge < -0.3 is 20.3 Å². The molecule has 10 heteroatoms. The van der Waals surface area contributed by atoms with Crippen LogP contribution in [0.25, 0.3) is 0 Å². The number of hydrogen-bond donors (Lipinski definition) is 2. The lowest BCUT2D eigenvalue weighted by Crippen LogP contribution is -2.36. The van der Waals surface area contributed by atoms with Crippen molar-refractivity contribution in [1.29, 1.82) is 0 Å². The Hall–Kier alpha value is -2.50. The Morgan fingerprint density at radius 3 is 1.87 bits per heavy atom. The van der Waals surface area contributed by atoms with E-state index in [0.29, 0.717) is 24.6 Å². The molecule has 0 aliphatic heterocycles. The number of rotatable bonds is 7. The van der Waals surface area contributed by atoms with E-state index in [1.54, 1.807) is 45.4 Å². The predicted octanol–water partition coefficient (Wildman–Crippen LogP) is 3.81. The third kappa shape index (κ3) is 9.45. The van der Waals surface area contributed by atoms with Gasteiger partial charge in [-0.05, 0) is 35.4 Å². The molecular formula is C21H26F3IN4O2. The van der Waals surface area contributed by atoms with E-state index >= 15 is 0 Å². The normalized spacial score (nSPS) is 11.4. The lowest BCUT2D eigenvalue weighted by Gasteiger charge is -2.14. The second-order valence-electron chi connectivity index (χ2n) is 6.72. The quantitative estimate of drug-likeness (QED) is 0.313. The second kappa shape index (κ2) is 12.4. The largest absolute Gasteiger partial charge is 0.484 e. The first-order valence-electron chi connectivity index (χ1n) is 9.21. The summed E-state index contributed by atoms with van der Waals surface area (Å²) in [5, 5.41) is 6.30. The molecule has 1 amide bonds. The molecule has 0 atom stereocenters. The summed E-state index contributed by atoms with van der Waals surface area (Å²) < 4.78 is 41.2. The van der Waals surface area contributed by atoms with Crippen LogP contribution >= 0.6 is 24.0 Å². The zero-order valence-electron chi connectivity index (χ0n) is 17.5. The highest BCUT2D eigenvalue weighted by atomic mass is 127. The fraction of sp³-hybridized carbons (Fsp3) is 0.333. The van der Waals surface area contributed by atoms with E-state index < -0.39 is 12.8 Å². The molecule has 0 radical (unpaired) electrons. The molecule has 0 aromatic heterocycles. The maximum Gasteiger partial charge on any atom is 0.422 e. The Kier molecular flexibility index (Phi) is 10.6. The molecule has 2 aromatic carbocycles. The van der Waals surface area contributed by atoms with Gasteiger partial charge in [-0.3, -0.25) is 9.79 Å². The van der Waals surface area contributed by atoms with Crippen molar-refractivity contribution >= 4 is 35.8 Å². The number of guanidine groups is 1. The summed E-state index contributed by atoms with van der Waals surface area (Å²) in [6.07, 6.45) is -4.36. The highest BCUT2D eigenvalue weighted by molar-refractivity contribution is 14.0. The Morgan fingerprint density at radius 2 is 1.45 bits per heavy atom. The number of ether oxygens (including phenoxy) is 1. The summed E-state index contributed by atoms with van der Waals surface area (Å²) >= 11 is 0. The van der Waals surface area contributed by atoms with Crippen LogP contribution in [0.5, 0.6) is 5.75 Å². The summed E-state index contributed by atoms with van der Waals surface area (Å²) in [7, 11) is 5.05. The van der Waals surface area contributed by atoms with Crippen LogP contribution in [-0.2, 0) is 13.1 Å². The van der Waals surface area contributed by atoms with E-state index in [9.17, 15) is 18.0 Å². The number of carbonyl (C=O) groups is 1. The van der Waals surface area contributed by atoms with E-state index in [1.165, 1.54) is 17.0 Å². The predicted molar refractivity (Wildman–Crippen MR) is 125 cm³/mol. The Labute approximate surface area is 196 Å². The van der Waals surface area contributed by atoms with Gasteiger partial charge >= 0.3 is 6.18 Å². The molecule has 0 spiro atoms. The van der Waals surface area contributed by atoms with Gasteiger partial charge in [0.1, 0.15) is 5.75 Å². The molecule has 0 unspecified atom stereocenters. The van der Waals surface area contributed by atoms with Gasteiger partial charge in [0, 0.05) is 39.8 Å². The Bertz CT molecular complexity index is 854. The monoisotopic (exact) mass is 550 g/mol. The van der Waals surface area contributed by atoms with Gasteiger partial charge in [0.05, 0.1) is 0 Å². The molecule has 0 saturated heterocycles. The summed E-state index contributed by atoms with van der Waals surface area (Å²) in [4.78, 5) is 17.6. The number of amides is 1. The van der Waals surface area contributed by atoms with E-state index in [1.807, 2.05) is 12.1 Å². The number of hydrogen-bond acceptors (Lipinski definition) is 3. The van der Waals surface area contributed by atoms with Crippen LogP contribution < -0.4 is 15.4 Å². The molecule has 170 valence electrons. The fourth-order valence-corrected chi connectivity index (χ4v) is 2.48. The molecule has 2 aromatic rings. The molecule has 6 nitrogen and oxygen atoms in total. The minimum atomic E-state index is -4.36. The van der Waals surface area contributed by atoms with Crippen molar-refractivity contribution in [2.45, 2.75) is 19.3 Å².